The predicted octanol–water partition coefficient (Wildman–Crippen LogP) is 1.13. The largest absolute Gasteiger partial charge is 0.396 e. The molecule has 0 saturated carbocycles. The minimum Gasteiger partial charge on any atom is -0.396 e. The molecule has 1 aromatic carbocycles. The minimum atomic E-state index is -0.230. The zero-order chi connectivity index (χ0) is 12.8. The van der Waals surface area contributed by atoms with E-state index in [1.54, 1.807) is 0 Å². The van der Waals surface area contributed by atoms with Crippen LogP contribution in [0.25, 0.3) is 11.0 Å². The van der Waals surface area contributed by atoms with Gasteiger partial charge in [-0.05, 0) is 25.0 Å². The molecule has 5 heteroatoms. The van der Waals surface area contributed by atoms with E-state index in [9.17, 15) is 4.79 Å². The fourth-order valence-corrected chi connectivity index (χ4v) is 1.60. The summed E-state index contributed by atoms with van der Waals surface area (Å²) in [5.41, 5.74) is 1.80. The van der Waals surface area contributed by atoms with Crippen molar-refractivity contribution in [1.29, 1.82) is 0 Å². The Balaban J connectivity index is 2.04. The van der Waals surface area contributed by atoms with E-state index >= 15 is 0 Å². The Hall–Kier alpha value is -2.01. The van der Waals surface area contributed by atoms with Gasteiger partial charge in [0.05, 0.1) is 17.2 Å². The number of benzene rings is 1. The first-order valence-corrected chi connectivity index (χ1v) is 5.92. The van der Waals surface area contributed by atoms with Gasteiger partial charge in [0.15, 0.2) is 0 Å². The zero-order valence-electron chi connectivity index (χ0n) is 9.97. The molecule has 0 saturated heterocycles. The predicted molar refractivity (Wildman–Crippen MR) is 68.2 cm³/mol. The van der Waals surface area contributed by atoms with Crippen molar-refractivity contribution >= 4 is 16.9 Å². The van der Waals surface area contributed by atoms with Gasteiger partial charge in [0.1, 0.15) is 5.69 Å². The Bertz CT molecular complexity index is 543. The molecule has 0 bridgehead atoms. The second kappa shape index (κ2) is 6.07. The fourth-order valence-electron chi connectivity index (χ4n) is 1.60. The van der Waals surface area contributed by atoms with Crippen LogP contribution < -0.4 is 5.32 Å². The summed E-state index contributed by atoms with van der Waals surface area (Å²) < 4.78 is 0. The summed E-state index contributed by atoms with van der Waals surface area (Å²) in [5.74, 6) is -0.230. The van der Waals surface area contributed by atoms with Crippen molar-refractivity contribution in [2.24, 2.45) is 0 Å². The number of hydrogen-bond acceptors (Lipinski definition) is 4. The smallest absolute Gasteiger partial charge is 0.271 e. The molecule has 0 atom stereocenters. The number of para-hydroxylation sites is 2. The number of unbranched alkanes of at least 4 members (excludes halogenated alkanes) is 1. The van der Waals surface area contributed by atoms with Gasteiger partial charge >= 0.3 is 0 Å². The number of nitrogens with one attached hydrogen (secondary N) is 1. The first-order chi connectivity index (χ1) is 8.81. The summed E-state index contributed by atoms with van der Waals surface area (Å²) in [7, 11) is 0. The van der Waals surface area contributed by atoms with Crippen LogP contribution in [0.1, 0.15) is 23.3 Å². The summed E-state index contributed by atoms with van der Waals surface area (Å²) in [4.78, 5) is 20.2. The molecule has 94 valence electrons. The van der Waals surface area contributed by atoms with Crippen molar-refractivity contribution in [3.8, 4) is 0 Å². The maximum Gasteiger partial charge on any atom is 0.271 e. The molecule has 0 radical (unpaired) electrons. The Morgan fingerprint density at radius 3 is 2.78 bits per heavy atom. The van der Waals surface area contributed by atoms with E-state index in [4.69, 9.17) is 5.11 Å². The number of aliphatic hydroxyl groups is 1. The number of carbonyl (C=O) groups is 1. The maximum absolute atomic E-state index is 11.8. The SMILES string of the molecule is O=C(NCCCCO)c1cnc2ccccc2n1. The van der Waals surface area contributed by atoms with E-state index in [1.165, 1.54) is 6.20 Å². The molecule has 0 spiro atoms. The summed E-state index contributed by atoms with van der Waals surface area (Å²) in [6.45, 7) is 0.680. The Labute approximate surface area is 105 Å². The molecule has 1 heterocycles. The van der Waals surface area contributed by atoms with E-state index in [2.05, 4.69) is 15.3 Å². The van der Waals surface area contributed by atoms with Gasteiger partial charge in [0.2, 0.25) is 0 Å². The summed E-state index contributed by atoms with van der Waals surface area (Å²) in [6.07, 6.45) is 2.91. The fraction of sp³-hybridized carbons (Fsp3) is 0.308. The van der Waals surface area contributed by atoms with E-state index < -0.39 is 0 Å². The summed E-state index contributed by atoms with van der Waals surface area (Å²) in [6, 6.07) is 7.42. The average molecular weight is 245 g/mol. The molecule has 1 amide bonds. The quantitative estimate of drug-likeness (QED) is 0.774. The second-order valence-electron chi connectivity index (χ2n) is 3.93. The van der Waals surface area contributed by atoms with Crippen LogP contribution in [0.2, 0.25) is 0 Å². The van der Waals surface area contributed by atoms with E-state index in [1.807, 2.05) is 24.3 Å². The lowest BCUT2D eigenvalue weighted by Gasteiger charge is -2.04. The van der Waals surface area contributed by atoms with Gasteiger partial charge in [-0.1, -0.05) is 12.1 Å². The van der Waals surface area contributed by atoms with Crippen LogP contribution in [-0.4, -0.2) is 34.1 Å². The highest BCUT2D eigenvalue weighted by Crippen LogP contribution is 2.08. The van der Waals surface area contributed by atoms with Crippen molar-refractivity contribution in [3.63, 3.8) is 0 Å². The number of aliphatic hydroxyl groups excluding tert-OH is 1. The Kier molecular flexibility index (Phi) is 4.20. The highest BCUT2D eigenvalue weighted by atomic mass is 16.2. The molecule has 2 N–H and O–H groups in total. The second-order valence-corrected chi connectivity index (χ2v) is 3.93. The number of nitrogens with zero attached hydrogens (tertiary/aromatic N) is 2. The van der Waals surface area contributed by atoms with Crippen molar-refractivity contribution in [1.82, 2.24) is 15.3 Å². The van der Waals surface area contributed by atoms with Crippen LogP contribution in [0.4, 0.5) is 0 Å². The molecular weight excluding hydrogens is 230 g/mol. The van der Waals surface area contributed by atoms with E-state index in [-0.39, 0.29) is 12.5 Å². The number of aromatic nitrogens is 2. The number of hydrogen-bond donors (Lipinski definition) is 2. The van der Waals surface area contributed by atoms with Crippen LogP contribution in [0.5, 0.6) is 0 Å². The van der Waals surface area contributed by atoms with Crippen LogP contribution in [0.3, 0.4) is 0 Å². The van der Waals surface area contributed by atoms with Crippen molar-refractivity contribution in [2.45, 2.75) is 12.8 Å². The van der Waals surface area contributed by atoms with Gasteiger partial charge in [0, 0.05) is 13.2 Å². The van der Waals surface area contributed by atoms with Crippen LogP contribution in [-0.2, 0) is 0 Å². The first-order valence-electron chi connectivity index (χ1n) is 5.92. The van der Waals surface area contributed by atoms with Crippen LogP contribution in [0, 0.1) is 0 Å². The highest BCUT2D eigenvalue weighted by Gasteiger charge is 2.07. The molecule has 0 aliphatic rings. The third kappa shape index (κ3) is 3.01. The summed E-state index contributed by atoms with van der Waals surface area (Å²) in [5, 5.41) is 11.4. The monoisotopic (exact) mass is 245 g/mol. The Morgan fingerprint density at radius 2 is 2.00 bits per heavy atom. The molecule has 0 fully saturated rings. The van der Waals surface area contributed by atoms with Gasteiger partial charge in [-0.3, -0.25) is 9.78 Å². The molecule has 2 aromatic rings. The normalized spacial score (nSPS) is 10.5. The number of carbonyl (C=O) groups excluding carboxylic acids is 1. The number of rotatable bonds is 5. The van der Waals surface area contributed by atoms with E-state index in [0.29, 0.717) is 24.2 Å². The van der Waals surface area contributed by atoms with Crippen molar-refractivity contribution in [3.05, 3.63) is 36.2 Å². The molecule has 1 aromatic heterocycles. The van der Waals surface area contributed by atoms with Gasteiger partial charge < -0.3 is 10.4 Å². The molecular formula is C13H15N3O2. The van der Waals surface area contributed by atoms with Gasteiger partial charge in [0.25, 0.3) is 5.91 Å². The lowest BCUT2D eigenvalue weighted by atomic mass is 10.3. The van der Waals surface area contributed by atoms with Gasteiger partial charge in [-0.2, -0.15) is 0 Å². The summed E-state index contributed by atoms with van der Waals surface area (Å²) >= 11 is 0. The van der Waals surface area contributed by atoms with Crippen LogP contribution in [0.15, 0.2) is 30.5 Å². The number of amides is 1. The van der Waals surface area contributed by atoms with Gasteiger partial charge in [-0.15, -0.1) is 0 Å². The molecule has 2 rings (SSSR count). The molecule has 5 nitrogen and oxygen atoms in total. The van der Waals surface area contributed by atoms with Crippen molar-refractivity contribution < 1.29 is 9.90 Å². The lowest BCUT2D eigenvalue weighted by molar-refractivity contribution is 0.0947. The first kappa shape index (κ1) is 12.4. The average Bonchev–Trinajstić information content (AvgIpc) is 2.43. The molecule has 0 aliphatic heterocycles. The topological polar surface area (TPSA) is 75.1 Å². The minimum absolute atomic E-state index is 0.144. The molecule has 0 unspecified atom stereocenters. The van der Waals surface area contributed by atoms with Crippen molar-refractivity contribution in [2.75, 3.05) is 13.2 Å². The van der Waals surface area contributed by atoms with Gasteiger partial charge in [-0.25, -0.2) is 4.98 Å². The lowest BCUT2D eigenvalue weighted by Crippen LogP contribution is -2.25. The maximum atomic E-state index is 11.8. The highest BCUT2D eigenvalue weighted by molar-refractivity contribution is 5.93. The zero-order valence-corrected chi connectivity index (χ0v) is 9.97. The standard InChI is InChI=1S/C13H15N3O2/c17-8-4-3-7-14-13(18)12-9-15-10-5-1-2-6-11(10)16-12/h1-2,5-6,9,17H,3-4,7-8H2,(H,14,18). The number of fused-ring (bicyclic) bond motifs is 1. The Morgan fingerprint density at radius 1 is 1.22 bits per heavy atom. The molecule has 18 heavy (non-hydrogen) atoms. The molecule has 0 aliphatic carbocycles. The van der Waals surface area contributed by atoms with Crippen LogP contribution >= 0.6 is 0 Å². The van der Waals surface area contributed by atoms with E-state index in [0.717, 1.165) is 11.9 Å². The third-order valence-corrected chi connectivity index (χ3v) is 2.55. The third-order valence-electron chi connectivity index (χ3n) is 2.55.